The first-order valence-corrected chi connectivity index (χ1v) is 10.3. The highest BCUT2D eigenvalue weighted by molar-refractivity contribution is 7.89. The molecule has 0 aliphatic carbocycles. The van der Waals surface area contributed by atoms with Crippen LogP contribution in [0.15, 0.2) is 29.2 Å². The second-order valence-electron chi connectivity index (χ2n) is 7.39. The molecular weight excluding hydrogens is 354 g/mol. The van der Waals surface area contributed by atoms with Crippen LogP contribution < -0.4 is 10.0 Å². The summed E-state index contributed by atoms with van der Waals surface area (Å²) in [5.41, 5.74) is 0.260. The van der Waals surface area contributed by atoms with Gasteiger partial charge in [-0.1, -0.05) is 0 Å². The molecule has 0 radical (unpaired) electrons. The van der Waals surface area contributed by atoms with E-state index in [1.807, 2.05) is 0 Å². The Balaban J connectivity index is 1.97. The molecular formula is C18H29N3O4S. The Labute approximate surface area is 156 Å². The Morgan fingerprint density at radius 2 is 1.77 bits per heavy atom. The molecule has 0 atom stereocenters. The van der Waals surface area contributed by atoms with E-state index in [0.29, 0.717) is 25.3 Å². The second-order valence-corrected chi connectivity index (χ2v) is 9.11. The molecule has 2 N–H and O–H groups in total. The smallest absolute Gasteiger partial charge is 0.251 e. The molecule has 1 aromatic rings. The zero-order valence-electron chi connectivity index (χ0n) is 15.9. The Hall–Kier alpha value is -1.48. The van der Waals surface area contributed by atoms with Gasteiger partial charge in [0.1, 0.15) is 0 Å². The number of carbonyl (C=O) groups excluding carboxylic acids is 1. The van der Waals surface area contributed by atoms with E-state index in [1.54, 1.807) is 13.8 Å². The highest BCUT2D eigenvalue weighted by atomic mass is 32.2. The van der Waals surface area contributed by atoms with E-state index in [0.717, 1.165) is 13.1 Å². The summed E-state index contributed by atoms with van der Waals surface area (Å²) in [5.74, 6) is -0.216. The molecule has 1 aliphatic heterocycles. The lowest BCUT2D eigenvalue weighted by atomic mass is 10.0. The number of sulfonamides is 1. The van der Waals surface area contributed by atoms with Crippen molar-refractivity contribution in [3.05, 3.63) is 29.8 Å². The van der Waals surface area contributed by atoms with Crippen molar-refractivity contribution >= 4 is 15.9 Å². The van der Waals surface area contributed by atoms with Crippen molar-refractivity contribution in [1.82, 2.24) is 14.9 Å². The van der Waals surface area contributed by atoms with Gasteiger partial charge in [0.2, 0.25) is 10.0 Å². The summed E-state index contributed by atoms with van der Waals surface area (Å²) in [5, 5.41) is 2.94. The van der Waals surface area contributed by atoms with Gasteiger partial charge < -0.3 is 10.1 Å². The minimum absolute atomic E-state index is 0.149. The molecule has 0 saturated carbocycles. The molecule has 8 heteroatoms. The van der Waals surface area contributed by atoms with Gasteiger partial charge in [0, 0.05) is 36.8 Å². The Kier molecular flexibility index (Phi) is 6.79. The van der Waals surface area contributed by atoms with Crippen LogP contribution in [-0.4, -0.2) is 63.7 Å². The van der Waals surface area contributed by atoms with E-state index in [4.69, 9.17) is 4.74 Å². The average molecular weight is 384 g/mol. The number of nitrogens with one attached hydrogen (secondary N) is 2. The molecule has 7 nitrogen and oxygen atoms in total. The molecule has 0 unspecified atom stereocenters. The number of rotatable bonds is 7. The number of carbonyl (C=O) groups is 1. The lowest BCUT2D eigenvalue weighted by Gasteiger charge is -2.40. The van der Waals surface area contributed by atoms with Gasteiger partial charge in [0.05, 0.1) is 18.1 Å². The number of ether oxygens (including phenoxy) is 1. The fourth-order valence-corrected chi connectivity index (χ4v) is 4.09. The summed E-state index contributed by atoms with van der Waals surface area (Å²) in [7, 11) is -3.55. The average Bonchev–Trinajstić information content (AvgIpc) is 2.59. The SMILES string of the molecule is CC(C)NS(=O)(=O)c1ccc(C(=O)NCC(C)(C)N2CCOCC2)cc1. The molecule has 0 aromatic heterocycles. The first-order chi connectivity index (χ1) is 12.1. The van der Waals surface area contributed by atoms with Gasteiger partial charge >= 0.3 is 0 Å². The third-order valence-electron chi connectivity index (χ3n) is 4.37. The highest BCUT2D eigenvalue weighted by Gasteiger charge is 2.28. The van der Waals surface area contributed by atoms with E-state index < -0.39 is 10.0 Å². The van der Waals surface area contributed by atoms with Crippen molar-refractivity contribution in [2.45, 2.75) is 44.2 Å². The van der Waals surface area contributed by atoms with Crippen LogP contribution in [0.2, 0.25) is 0 Å². The number of hydrogen-bond acceptors (Lipinski definition) is 5. The third-order valence-corrected chi connectivity index (χ3v) is 6.04. The maximum absolute atomic E-state index is 12.4. The molecule has 1 aliphatic rings. The minimum Gasteiger partial charge on any atom is -0.379 e. The molecule has 146 valence electrons. The van der Waals surface area contributed by atoms with Gasteiger partial charge in [-0.15, -0.1) is 0 Å². The molecule has 1 heterocycles. The van der Waals surface area contributed by atoms with Crippen LogP contribution in [0.1, 0.15) is 38.1 Å². The van der Waals surface area contributed by atoms with Crippen LogP contribution in [0.5, 0.6) is 0 Å². The van der Waals surface area contributed by atoms with Gasteiger partial charge in [0.15, 0.2) is 0 Å². The topological polar surface area (TPSA) is 87.7 Å². The Bertz CT molecular complexity index is 708. The molecule has 26 heavy (non-hydrogen) atoms. The molecule has 1 saturated heterocycles. The van der Waals surface area contributed by atoms with E-state index >= 15 is 0 Å². The second kappa shape index (κ2) is 8.47. The number of morpholine rings is 1. The lowest BCUT2D eigenvalue weighted by Crippen LogP contribution is -2.55. The van der Waals surface area contributed by atoms with Crippen LogP contribution >= 0.6 is 0 Å². The quantitative estimate of drug-likeness (QED) is 0.739. The summed E-state index contributed by atoms with van der Waals surface area (Å²) in [4.78, 5) is 14.8. The van der Waals surface area contributed by atoms with Gasteiger partial charge in [-0.25, -0.2) is 13.1 Å². The van der Waals surface area contributed by atoms with Crippen LogP contribution in [0.25, 0.3) is 0 Å². The lowest BCUT2D eigenvalue weighted by molar-refractivity contribution is -0.00923. The number of benzene rings is 1. The van der Waals surface area contributed by atoms with Crippen LogP contribution in [0.4, 0.5) is 0 Å². The van der Waals surface area contributed by atoms with Crippen molar-refractivity contribution in [2.75, 3.05) is 32.8 Å². The first-order valence-electron chi connectivity index (χ1n) is 8.85. The summed E-state index contributed by atoms with van der Waals surface area (Å²) in [6, 6.07) is 5.78. The normalized spacial score (nSPS) is 16.7. The van der Waals surface area contributed by atoms with Crippen LogP contribution in [-0.2, 0) is 14.8 Å². The summed E-state index contributed by atoms with van der Waals surface area (Å²) in [6.45, 7) is 11.3. The summed E-state index contributed by atoms with van der Waals surface area (Å²) in [6.07, 6.45) is 0. The fraction of sp³-hybridized carbons (Fsp3) is 0.611. The van der Waals surface area contributed by atoms with Crippen LogP contribution in [0, 0.1) is 0 Å². The van der Waals surface area contributed by atoms with Crippen molar-refractivity contribution in [2.24, 2.45) is 0 Å². The number of hydrogen-bond donors (Lipinski definition) is 2. The van der Waals surface area contributed by atoms with Crippen LogP contribution in [0.3, 0.4) is 0 Å². The Morgan fingerprint density at radius 3 is 2.31 bits per heavy atom. The molecule has 1 fully saturated rings. The maximum atomic E-state index is 12.4. The highest BCUT2D eigenvalue weighted by Crippen LogP contribution is 2.16. The van der Waals surface area contributed by atoms with E-state index in [1.165, 1.54) is 24.3 Å². The molecule has 1 amide bonds. The summed E-state index contributed by atoms with van der Waals surface area (Å²) < 4.78 is 32.1. The van der Waals surface area contributed by atoms with E-state index in [9.17, 15) is 13.2 Å². The zero-order chi connectivity index (χ0) is 19.4. The monoisotopic (exact) mass is 383 g/mol. The Morgan fingerprint density at radius 1 is 1.19 bits per heavy atom. The predicted octanol–water partition coefficient (Wildman–Crippen LogP) is 1.21. The molecule has 0 bridgehead atoms. The molecule has 0 spiro atoms. The first kappa shape index (κ1) is 20.8. The third kappa shape index (κ3) is 5.51. The zero-order valence-corrected chi connectivity index (χ0v) is 16.7. The van der Waals surface area contributed by atoms with Crippen molar-refractivity contribution in [1.29, 1.82) is 0 Å². The van der Waals surface area contributed by atoms with Gasteiger partial charge in [0.25, 0.3) is 5.91 Å². The van der Waals surface area contributed by atoms with Crippen molar-refractivity contribution < 1.29 is 17.9 Å². The fourth-order valence-electron chi connectivity index (χ4n) is 2.84. The minimum atomic E-state index is -3.55. The van der Waals surface area contributed by atoms with Crippen molar-refractivity contribution in [3.63, 3.8) is 0 Å². The maximum Gasteiger partial charge on any atom is 0.251 e. The van der Waals surface area contributed by atoms with Gasteiger partial charge in [-0.3, -0.25) is 9.69 Å². The van der Waals surface area contributed by atoms with Crippen molar-refractivity contribution in [3.8, 4) is 0 Å². The van der Waals surface area contributed by atoms with Gasteiger partial charge in [-0.05, 0) is 52.0 Å². The van der Waals surface area contributed by atoms with E-state index in [2.05, 4.69) is 28.8 Å². The number of amides is 1. The van der Waals surface area contributed by atoms with Gasteiger partial charge in [-0.2, -0.15) is 0 Å². The molecule has 1 aromatic carbocycles. The number of nitrogens with zero attached hydrogens (tertiary/aromatic N) is 1. The largest absolute Gasteiger partial charge is 0.379 e. The standard InChI is InChI=1S/C18H29N3O4S/c1-14(2)20-26(23,24)16-7-5-15(6-8-16)17(22)19-13-18(3,4)21-9-11-25-12-10-21/h5-8,14,20H,9-13H2,1-4H3,(H,19,22). The molecule has 2 rings (SSSR count). The summed E-state index contributed by atoms with van der Waals surface area (Å²) >= 11 is 0. The predicted molar refractivity (Wildman–Crippen MR) is 101 cm³/mol. The van der Waals surface area contributed by atoms with E-state index in [-0.39, 0.29) is 22.4 Å².